The minimum atomic E-state index is -0.460. The Morgan fingerprint density at radius 1 is 0.875 bits per heavy atom. The van der Waals surface area contributed by atoms with E-state index in [1.165, 1.54) is 11.3 Å². The zero-order valence-electron chi connectivity index (χ0n) is 17.6. The van der Waals surface area contributed by atoms with Gasteiger partial charge in [0.1, 0.15) is 0 Å². The number of aromatic nitrogens is 1. The van der Waals surface area contributed by atoms with Crippen molar-refractivity contribution in [3.8, 4) is 11.3 Å². The number of hydrogen-bond donors (Lipinski definition) is 2. The fourth-order valence-electron chi connectivity index (χ4n) is 3.44. The Bertz CT molecular complexity index is 1190. The summed E-state index contributed by atoms with van der Waals surface area (Å²) in [5.74, 6) is -0.427. The molecule has 1 heterocycles. The molecule has 0 saturated heterocycles. The number of rotatable bonds is 7. The number of anilines is 1. The summed E-state index contributed by atoms with van der Waals surface area (Å²) in [6.07, 6.45) is 0.0991. The normalized spacial score (nSPS) is 11.5. The fraction of sp³-hybridized carbons (Fsp3) is 0.115. The number of carbonyl (C=O) groups is 2. The van der Waals surface area contributed by atoms with Crippen molar-refractivity contribution in [2.45, 2.75) is 19.4 Å². The van der Waals surface area contributed by atoms with Gasteiger partial charge in [-0.1, -0.05) is 78.9 Å². The molecule has 1 aromatic heterocycles. The summed E-state index contributed by atoms with van der Waals surface area (Å²) in [6.45, 7) is 1.99. The molecule has 2 amide bonds. The summed E-state index contributed by atoms with van der Waals surface area (Å²) in [5.41, 5.74) is 3.30. The molecule has 5 nitrogen and oxygen atoms in total. The van der Waals surface area contributed by atoms with Gasteiger partial charge in [0.2, 0.25) is 5.91 Å². The van der Waals surface area contributed by atoms with Gasteiger partial charge in [-0.15, -0.1) is 11.3 Å². The first-order valence-corrected chi connectivity index (χ1v) is 11.2. The lowest BCUT2D eigenvalue weighted by atomic mass is 10.0. The maximum Gasteiger partial charge on any atom is 0.251 e. The van der Waals surface area contributed by atoms with E-state index < -0.39 is 6.04 Å². The summed E-state index contributed by atoms with van der Waals surface area (Å²) in [5, 5.41) is 6.44. The van der Waals surface area contributed by atoms with E-state index in [9.17, 15) is 9.59 Å². The van der Waals surface area contributed by atoms with Crippen LogP contribution in [0, 0.1) is 6.92 Å². The average molecular weight is 442 g/mol. The van der Waals surface area contributed by atoms with Gasteiger partial charge in [-0.3, -0.25) is 9.59 Å². The fourth-order valence-corrected chi connectivity index (χ4v) is 4.29. The van der Waals surface area contributed by atoms with Crippen molar-refractivity contribution in [1.29, 1.82) is 0 Å². The predicted molar refractivity (Wildman–Crippen MR) is 129 cm³/mol. The van der Waals surface area contributed by atoms with E-state index in [0.29, 0.717) is 10.7 Å². The molecular formula is C26H23N3O2S. The monoisotopic (exact) mass is 441 g/mol. The van der Waals surface area contributed by atoms with Crippen molar-refractivity contribution in [1.82, 2.24) is 10.3 Å². The molecule has 2 N–H and O–H groups in total. The van der Waals surface area contributed by atoms with Crippen LogP contribution in [-0.4, -0.2) is 16.8 Å². The van der Waals surface area contributed by atoms with Gasteiger partial charge < -0.3 is 10.6 Å². The number of amides is 2. The SMILES string of the molecule is Cc1sc(NC(=O)C[C@H](NC(=O)c2ccccc2)c2ccccc2)nc1-c1ccccc1. The molecule has 1 atom stereocenters. The highest BCUT2D eigenvalue weighted by Gasteiger charge is 2.20. The molecule has 0 spiro atoms. The van der Waals surface area contributed by atoms with Crippen LogP contribution in [0.25, 0.3) is 11.3 Å². The van der Waals surface area contributed by atoms with Crippen LogP contribution in [-0.2, 0) is 4.79 Å². The number of nitrogens with one attached hydrogen (secondary N) is 2. The lowest BCUT2D eigenvalue weighted by molar-refractivity contribution is -0.116. The van der Waals surface area contributed by atoms with Crippen LogP contribution < -0.4 is 10.6 Å². The first-order valence-electron chi connectivity index (χ1n) is 10.3. The molecule has 32 heavy (non-hydrogen) atoms. The van der Waals surface area contributed by atoms with Crippen molar-refractivity contribution < 1.29 is 9.59 Å². The first-order chi connectivity index (χ1) is 15.6. The van der Waals surface area contributed by atoms with Gasteiger partial charge in [0.05, 0.1) is 18.2 Å². The van der Waals surface area contributed by atoms with Crippen LogP contribution in [0.5, 0.6) is 0 Å². The van der Waals surface area contributed by atoms with Crippen molar-refractivity contribution in [3.63, 3.8) is 0 Å². The second-order valence-corrected chi connectivity index (χ2v) is 8.55. The summed E-state index contributed by atoms with van der Waals surface area (Å²) >= 11 is 1.44. The largest absolute Gasteiger partial charge is 0.345 e. The van der Waals surface area contributed by atoms with Gasteiger partial charge in [0.25, 0.3) is 5.91 Å². The third-order valence-corrected chi connectivity index (χ3v) is 5.91. The molecule has 0 aliphatic carbocycles. The predicted octanol–water partition coefficient (Wildman–Crippen LogP) is 5.62. The van der Waals surface area contributed by atoms with E-state index in [2.05, 4.69) is 15.6 Å². The molecule has 0 radical (unpaired) electrons. The Morgan fingerprint density at radius 2 is 1.47 bits per heavy atom. The number of nitrogens with zero attached hydrogens (tertiary/aromatic N) is 1. The quantitative estimate of drug-likeness (QED) is 0.391. The Balaban J connectivity index is 1.49. The summed E-state index contributed by atoms with van der Waals surface area (Å²) in [7, 11) is 0. The Morgan fingerprint density at radius 3 is 2.12 bits per heavy atom. The van der Waals surface area contributed by atoms with Crippen LogP contribution >= 0.6 is 11.3 Å². The number of carbonyl (C=O) groups excluding carboxylic acids is 2. The molecule has 0 unspecified atom stereocenters. The van der Waals surface area contributed by atoms with Crippen LogP contribution in [0.2, 0.25) is 0 Å². The van der Waals surface area contributed by atoms with E-state index in [0.717, 1.165) is 21.7 Å². The van der Waals surface area contributed by atoms with Crippen molar-refractivity contribution >= 4 is 28.3 Å². The minimum Gasteiger partial charge on any atom is -0.345 e. The van der Waals surface area contributed by atoms with Crippen LogP contribution in [0.3, 0.4) is 0 Å². The molecule has 0 fully saturated rings. The average Bonchev–Trinajstić information content (AvgIpc) is 3.20. The molecule has 6 heteroatoms. The third kappa shape index (κ3) is 5.28. The highest BCUT2D eigenvalue weighted by atomic mass is 32.1. The number of hydrogen-bond acceptors (Lipinski definition) is 4. The molecule has 0 bridgehead atoms. The molecule has 160 valence electrons. The molecule has 4 aromatic rings. The zero-order chi connectivity index (χ0) is 22.3. The standard InChI is InChI=1S/C26H23N3O2S/c1-18-24(20-13-7-3-8-14-20)29-26(32-18)28-23(30)17-22(19-11-5-2-6-12-19)27-25(31)21-15-9-4-10-16-21/h2-16,22H,17H2,1H3,(H,27,31)(H,28,29,30)/t22-/m0/s1. The van der Waals surface area contributed by atoms with E-state index in [1.54, 1.807) is 12.1 Å². The molecular weight excluding hydrogens is 418 g/mol. The Labute approximate surface area is 191 Å². The Hall–Kier alpha value is -3.77. The van der Waals surface area contributed by atoms with Gasteiger partial charge in [-0.2, -0.15) is 0 Å². The van der Waals surface area contributed by atoms with Crippen LogP contribution in [0.4, 0.5) is 5.13 Å². The van der Waals surface area contributed by atoms with Gasteiger partial charge in [0, 0.05) is 16.0 Å². The zero-order valence-corrected chi connectivity index (χ0v) is 18.4. The molecule has 0 aliphatic rings. The molecule has 4 rings (SSSR count). The summed E-state index contributed by atoms with van der Waals surface area (Å²) in [6, 6.07) is 27.9. The maximum absolute atomic E-state index is 12.9. The van der Waals surface area contributed by atoms with Crippen molar-refractivity contribution in [3.05, 3.63) is 107 Å². The topological polar surface area (TPSA) is 71.1 Å². The molecule has 0 aliphatic heterocycles. The molecule has 3 aromatic carbocycles. The van der Waals surface area contributed by atoms with E-state index in [1.807, 2.05) is 85.8 Å². The first kappa shape index (κ1) is 21.5. The highest BCUT2D eigenvalue weighted by molar-refractivity contribution is 7.16. The van der Waals surface area contributed by atoms with E-state index in [4.69, 9.17) is 0 Å². The van der Waals surface area contributed by atoms with E-state index in [-0.39, 0.29) is 18.2 Å². The second-order valence-electron chi connectivity index (χ2n) is 7.34. The lowest BCUT2D eigenvalue weighted by Crippen LogP contribution is -2.31. The molecule has 0 saturated carbocycles. The van der Waals surface area contributed by atoms with Gasteiger partial charge in [-0.05, 0) is 24.6 Å². The minimum absolute atomic E-state index is 0.0991. The van der Waals surface area contributed by atoms with Crippen molar-refractivity contribution in [2.75, 3.05) is 5.32 Å². The van der Waals surface area contributed by atoms with Gasteiger partial charge in [0.15, 0.2) is 5.13 Å². The van der Waals surface area contributed by atoms with E-state index >= 15 is 0 Å². The summed E-state index contributed by atoms with van der Waals surface area (Å²) < 4.78 is 0. The van der Waals surface area contributed by atoms with Crippen LogP contribution in [0.1, 0.15) is 33.3 Å². The summed E-state index contributed by atoms with van der Waals surface area (Å²) in [4.78, 5) is 31.2. The third-order valence-electron chi connectivity index (χ3n) is 5.02. The number of benzene rings is 3. The second kappa shape index (κ2) is 10.0. The maximum atomic E-state index is 12.9. The number of thiazole rings is 1. The van der Waals surface area contributed by atoms with Gasteiger partial charge >= 0.3 is 0 Å². The van der Waals surface area contributed by atoms with Crippen molar-refractivity contribution in [2.24, 2.45) is 0 Å². The Kier molecular flexibility index (Phi) is 6.72. The van der Waals surface area contributed by atoms with Gasteiger partial charge in [-0.25, -0.2) is 4.98 Å². The number of aryl methyl sites for hydroxylation is 1. The smallest absolute Gasteiger partial charge is 0.251 e. The van der Waals surface area contributed by atoms with Crippen LogP contribution in [0.15, 0.2) is 91.0 Å². The lowest BCUT2D eigenvalue weighted by Gasteiger charge is -2.19. The highest BCUT2D eigenvalue weighted by Crippen LogP contribution is 2.30.